The van der Waals surface area contributed by atoms with E-state index in [9.17, 15) is 5.11 Å². The van der Waals surface area contributed by atoms with Crippen molar-refractivity contribution in [2.45, 2.75) is 65.0 Å². The maximum absolute atomic E-state index is 10.8. The molecule has 0 radical (unpaired) electrons. The number of aromatic nitrogens is 2. The molecule has 1 atom stereocenters. The van der Waals surface area contributed by atoms with Gasteiger partial charge in [-0.1, -0.05) is 13.3 Å². The Bertz CT molecular complexity index is 419. The van der Waals surface area contributed by atoms with Crippen molar-refractivity contribution in [2.75, 3.05) is 6.54 Å². The Labute approximate surface area is 122 Å². The van der Waals surface area contributed by atoms with Gasteiger partial charge in [-0.3, -0.25) is 4.68 Å². The van der Waals surface area contributed by atoms with Crippen LogP contribution in [0.15, 0.2) is 12.4 Å². The number of rotatable bonds is 5. The molecule has 1 fully saturated rings. The summed E-state index contributed by atoms with van der Waals surface area (Å²) in [4.78, 5) is 0. The molecule has 20 heavy (non-hydrogen) atoms. The Morgan fingerprint density at radius 3 is 2.55 bits per heavy atom. The van der Waals surface area contributed by atoms with Crippen molar-refractivity contribution >= 4 is 0 Å². The zero-order chi connectivity index (χ0) is 14.8. The Balaban J connectivity index is 2.14. The molecule has 0 aliphatic heterocycles. The Morgan fingerprint density at radius 2 is 2.10 bits per heavy atom. The number of hydrogen-bond donors (Lipinski definition) is 2. The molecule has 1 saturated carbocycles. The number of aliphatic hydroxyl groups excluding tert-OH is 1. The molecule has 0 spiro atoms. The van der Waals surface area contributed by atoms with Crippen molar-refractivity contribution in [3.05, 3.63) is 18.0 Å². The minimum atomic E-state index is -0.488. The average molecular weight is 279 g/mol. The number of nitrogens with zero attached hydrogens (tertiary/aromatic N) is 2. The van der Waals surface area contributed by atoms with Crippen LogP contribution in [0, 0.1) is 11.3 Å². The van der Waals surface area contributed by atoms with Gasteiger partial charge in [-0.05, 0) is 45.4 Å². The van der Waals surface area contributed by atoms with Crippen molar-refractivity contribution in [1.82, 2.24) is 9.78 Å². The first kappa shape index (κ1) is 15.5. The van der Waals surface area contributed by atoms with Crippen LogP contribution in [0.5, 0.6) is 0 Å². The fourth-order valence-electron chi connectivity index (χ4n) is 3.38. The van der Waals surface area contributed by atoms with E-state index >= 15 is 0 Å². The molecule has 0 bridgehead atoms. The van der Waals surface area contributed by atoms with Crippen LogP contribution < -0.4 is 5.73 Å². The van der Waals surface area contributed by atoms with Crippen LogP contribution in [-0.4, -0.2) is 21.4 Å². The second-order valence-electron chi connectivity index (χ2n) is 6.67. The minimum absolute atomic E-state index is 0.156. The molecule has 3 N–H and O–H groups in total. The quantitative estimate of drug-likeness (QED) is 0.870. The summed E-state index contributed by atoms with van der Waals surface area (Å²) >= 11 is 0. The van der Waals surface area contributed by atoms with Gasteiger partial charge >= 0.3 is 0 Å². The zero-order valence-corrected chi connectivity index (χ0v) is 13.0. The van der Waals surface area contributed by atoms with Gasteiger partial charge in [0.05, 0.1) is 12.3 Å². The molecule has 1 aromatic heterocycles. The molecule has 1 aromatic rings. The molecule has 1 aliphatic carbocycles. The Kier molecular flexibility index (Phi) is 4.86. The molecule has 2 rings (SSSR count). The van der Waals surface area contributed by atoms with Gasteiger partial charge in [0, 0.05) is 29.8 Å². The van der Waals surface area contributed by atoms with Crippen LogP contribution in [0.2, 0.25) is 0 Å². The van der Waals surface area contributed by atoms with Crippen LogP contribution in [0.1, 0.15) is 70.6 Å². The summed E-state index contributed by atoms with van der Waals surface area (Å²) < 4.78 is 1.90. The summed E-state index contributed by atoms with van der Waals surface area (Å²) in [6, 6.07) is 0.320. The largest absolute Gasteiger partial charge is 0.388 e. The maximum atomic E-state index is 10.8. The third kappa shape index (κ3) is 2.91. The van der Waals surface area contributed by atoms with Gasteiger partial charge in [0.2, 0.25) is 0 Å². The lowest BCUT2D eigenvalue weighted by atomic mass is 9.66. The molecular formula is C16H29N3O. The summed E-state index contributed by atoms with van der Waals surface area (Å²) in [5.74, 6) is 0.806. The topological polar surface area (TPSA) is 64.1 Å². The van der Waals surface area contributed by atoms with E-state index in [2.05, 4.69) is 25.9 Å². The van der Waals surface area contributed by atoms with Crippen LogP contribution >= 0.6 is 0 Å². The first-order valence-electron chi connectivity index (χ1n) is 7.94. The van der Waals surface area contributed by atoms with E-state index in [1.807, 2.05) is 10.9 Å². The zero-order valence-electron chi connectivity index (χ0n) is 13.0. The normalized spacial score (nSPS) is 28.8. The summed E-state index contributed by atoms with van der Waals surface area (Å²) in [7, 11) is 0. The highest BCUT2D eigenvalue weighted by Crippen LogP contribution is 2.47. The van der Waals surface area contributed by atoms with Gasteiger partial charge in [0.1, 0.15) is 0 Å². The molecule has 0 amide bonds. The van der Waals surface area contributed by atoms with E-state index < -0.39 is 6.10 Å². The SMILES string of the molecule is CCC1CCC(CN)(C(O)c2cnn(C(C)C)c2)CC1. The van der Waals surface area contributed by atoms with Gasteiger partial charge in [-0.25, -0.2) is 0 Å². The molecule has 1 unspecified atom stereocenters. The fourth-order valence-corrected chi connectivity index (χ4v) is 3.38. The predicted molar refractivity (Wildman–Crippen MR) is 81.3 cm³/mol. The van der Waals surface area contributed by atoms with E-state index in [0.717, 1.165) is 24.3 Å². The predicted octanol–water partition coefficient (Wildman–Crippen LogP) is 3.04. The van der Waals surface area contributed by atoms with E-state index in [4.69, 9.17) is 5.73 Å². The average Bonchev–Trinajstić information content (AvgIpc) is 2.96. The highest BCUT2D eigenvalue weighted by Gasteiger charge is 2.41. The van der Waals surface area contributed by atoms with Crippen molar-refractivity contribution in [3.63, 3.8) is 0 Å². The lowest BCUT2D eigenvalue weighted by Crippen LogP contribution is -2.40. The molecule has 1 heterocycles. The van der Waals surface area contributed by atoms with Gasteiger partial charge in [-0.2, -0.15) is 5.10 Å². The Morgan fingerprint density at radius 1 is 1.45 bits per heavy atom. The molecule has 4 nitrogen and oxygen atoms in total. The van der Waals surface area contributed by atoms with Crippen molar-refractivity contribution in [3.8, 4) is 0 Å². The third-order valence-electron chi connectivity index (χ3n) is 5.13. The first-order chi connectivity index (χ1) is 9.52. The molecular weight excluding hydrogens is 250 g/mol. The van der Waals surface area contributed by atoms with E-state index in [0.29, 0.717) is 12.6 Å². The van der Waals surface area contributed by atoms with E-state index in [-0.39, 0.29) is 5.41 Å². The van der Waals surface area contributed by atoms with Crippen LogP contribution in [0.3, 0.4) is 0 Å². The molecule has 0 saturated heterocycles. The second kappa shape index (κ2) is 6.27. The van der Waals surface area contributed by atoms with E-state index in [1.54, 1.807) is 6.20 Å². The third-order valence-corrected chi connectivity index (χ3v) is 5.13. The maximum Gasteiger partial charge on any atom is 0.0888 e. The lowest BCUT2D eigenvalue weighted by Gasteiger charge is -2.42. The molecule has 114 valence electrons. The molecule has 4 heteroatoms. The second-order valence-corrected chi connectivity index (χ2v) is 6.67. The first-order valence-corrected chi connectivity index (χ1v) is 7.94. The molecule has 0 aromatic carbocycles. The summed E-state index contributed by atoms with van der Waals surface area (Å²) in [5.41, 5.74) is 6.80. The number of hydrogen-bond acceptors (Lipinski definition) is 3. The van der Waals surface area contributed by atoms with Crippen molar-refractivity contribution < 1.29 is 5.11 Å². The fraction of sp³-hybridized carbons (Fsp3) is 0.812. The standard InChI is InChI=1S/C16H29N3O/c1-4-13-5-7-16(11-17,8-6-13)15(20)14-9-18-19(10-14)12(2)3/h9-10,12-13,15,20H,4-8,11,17H2,1-3H3. The molecule has 1 aliphatic rings. The number of aliphatic hydroxyl groups is 1. The lowest BCUT2D eigenvalue weighted by molar-refractivity contribution is -0.0104. The van der Waals surface area contributed by atoms with Crippen LogP contribution in [0.25, 0.3) is 0 Å². The number of nitrogens with two attached hydrogens (primary N) is 1. The van der Waals surface area contributed by atoms with Crippen LogP contribution in [-0.2, 0) is 0 Å². The Hall–Kier alpha value is -0.870. The van der Waals surface area contributed by atoms with Gasteiger partial charge < -0.3 is 10.8 Å². The van der Waals surface area contributed by atoms with Gasteiger partial charge in [-0.15, -0.1) is 0 Å². The van der Waals surface area contributed by atoms with Gasteiger partial charge in [0.15, 0.2) is 0 Å². The van der Waals surface area contributed by atoms with Crippen molar-refractivity contribution in [1.29, 1.82) is 0 Å². The van der Waals surface area contributed by atoms with Gasteiger partial charge in [0.25, 0.3) is 0 Å². The summed E-state index contributed by atoms with van der Waals surface area (Å²) in [6.07, 6.45) is 8.94. The highest BCUT2D eigenvalue weighted by molar-refractivity contribution is 5.13. The smallest absolute Gasteiger partial charge is 0.0888 e. The summed E-state index contributed by atoms with van der Waals surface area (Å²) in [5, 5.41) is 15.2. The monoisotopic (exact) mass is 279 g/mol. The van der Waals surface area contributed by atoms with Crippen molar-refractivity contribution in [2.24, 2.45) is 17.1 Å². The summed E-state index contributed by atoms with van der Waals surface area (Å²) in [6.45, 7) is 6.99. The van der Waals surface area contributed by atoms with Crippen LogP contribution in [0.4, 0.5) is 0 Å². The highest BCUT2D eigenvalue weighted by atomic mass is 16.3. The van der Waals surface area contributed by atoms with E-state index in [1.165, 1.54) is 19.3 Å². The minimum Gasteiger partial charge on any atom is -0.388 e.